The summed E-state index contributed by atoms with van der Waals surface area (Å²) in [7, 11) is 4.13. The van der Waals surface area contributed by atoms with Crippen molar-refractivity contribution in [3.63, 3.8) is 0 Å². The molecule has 0 radical (unpaired) electrons. The van der Waals surface area contributed by atoms with E-state index in [1.165, 1.54) is 17.1 Å². The predicted molar refractivity (Wildman–Crippen MR) is 121 cm³/mol. The number of nitrogens with zero attached hydrogens (tertiary/aromatic N) is 5. The highest BCUT2D eigenvalue weighted by Gasteiger charge is 2.44. The normalized spacial score (nSPS) is 23.2. The lowest BCUT2D eigenvalue weighted by Crippen LogP contribution is -2.30. The van der Waals surface area contributed by atoms with Gasteiger partial charge in [0.1, 0.15) is 6.04 Å². The highest BCUT2D eigenvalue weighted by molar-refractivity contribution is 8.14. The van der Waals surface area contributed by atoms with Crippen molar-refractivity contribution in [3.8, 4) is 5.69 Å². The molecule has 0 amide bonds. The number of benzene rings is 1. The second-order valence-corrected chi connectivity index (χ2v) is 9.26. The molecule has 3 atom stereocenters. The van der Waals surface area contributed by atoms with Crippen molar-refractivity contribution < 1.29 is 0 Å². The average molecular weight is 404 g/mol. The highest BCUT2D eigenvalue weighted by atomic mass is 32.2. The van der Waals surface area contributed by atoms with E-state index in [1.54, 1.807) is 0 Å². The SMILES string of the molecule is C[C@@H]1CN2C(=N[C@H](c3ccccn3)[C@@H]2c2cccn2-c2ccc(N(C)C)cc2)S1. The second-order valence-electron chi connectivity index (χ2n) is 7.85. The van der Waals surface area contributed by atoms with E-state index < -0.39 is 0 Å². The molecule has 3 aromatic rings. The van der Waals surface area contributed by atoms with Crippen LogP contribution in [0.4, 0.5) is 5.69 Å². The number of pyridine rings is 1. The highest BCUT2D eigenvalue weighted by Crippen LogP contribution is 2.47. The number of fused-ring (bicyclic) bond motifs is 1. The molecular formula is C23H25N5S. The number of anilines is 1. The summed E-state index contributed by atoms with van der Waals surface area (Å²) in [5, 5.41) is 1.71. The first-order valence-corrected chi connectivity index (χ1v) is 10.9. The first-order valence-electron chi connectivity index (χ1n) is 9.99. The monoisotopic (exact) mass is 403 g/mol. The average Bonchev–Trinajstić information content (AvgIpc) is 3.42. The van der Waals surface area contributed by atoms with E-state index in [0.29, 0.717) is 5.25 Å². The summed E-state index contributed by atoms with van der Waals surface area (Å²) in [4.78, 5) is 14.3. The van der Waals surface area contributed by atoms with Gasteiger partial charge in [0.2, 0.25) is 0 Å². The summed E-state index contributed by atoms with van der Waals surface area (Å²) in [6.45, 7) is 3.29. The van der Waals surface area contributed by atoms with Gasteiger partial charge in [-0.2, -0.15) is 0 Å². The molecule has 0 N–H and O–H groups in total. The predicted octanol–water partition coefficient (Wildman–Crippen LogP) is 4.53. The first kappa shape index (κ1) is 18.3. The van der Waals surface area contributed by atoms with Crippen LogP contribution in [-0.4, -0.2) is 45.5 Å². The van der Waals surface area contributed by atoms with Crippen LogP contribution in [0, 0.1) is 0 Å². The van der Waals surface area contributed by atoms with Gasteiger partial charge in [-0.3, -0.25) is 9.98 Å². The van der Waals surface area contributed by atoms with Crippen molar-refractivity contribution in [2.24, 2.45) is 4.99 Å². The summed E-state index contributed by atoms with van der Waals surface area (Å²) in [5.74, 6) is 0. The fourth-order valence-electron chi connectivity index (χ4n) is 4.22. The molecule has 2 aromatic heterocycles. The molecule has 1 saturated heterocycles. The molecule has 0 saturated carbocycles. The molecule has 2 aliphatic heterocycles. The van der Waals surface area contributed by atoms with E-state index in [2.05, 4.69) is 95.1 Å². The Morgan fingerprint density at radius 1 is 1.03 bits per heavy atom. The Morgan fingerprint density at radius 3 is 2.59 bits per heavy atom. The molecule has 2 aliphatic rings. The van der Waals surface area contributed by atoms with Crippen LogP contribution in [0.3, 0.4) is 0 Å². The van der Waals surface area contributed by atoms with Crippen LogP contribution >= 0.6 is 11.8 Å². The molecule has 0 unspecified atom stereocenters. The zero-order valence-electron chi connectivity index (χ0n) is 16.9. The molecule has 6 heteroatoms. The maximum Gasteiger partial charge on any atom is 0.160 e. The maximum absolute atomic E-state index is 5.10. The second kappa shape index (κ2) is 7.26. The lowest BCUT2D eigenvalue weighted by Gasteiger charge is -2.28. The summed E-state index contributed by atoms with van der Waals surface area (Å²) in [6.07, 6.45) is 4.02. The summed E-state index contributed by atoms with van der Waals surface area (Å²) in [5.41, 5.74) is 4.66. The molecule has 0 bridgehead atoms. The Morgan fingerprint density at radius 2 is 1.86 bits per heavy atom. The zero-order valence-corrected chi connectivity index (χ0v) is 17.8. The Hall–Kier alpha value is -2.73. The molecule has 1 fully saturated rings. The van der Waals surface area contributed by atoms with Crippen LogP contribution in [0.5, 0.6) is 0 Å². The standard InChI is InChI=1S/C23H25N5S/c1-16-15-28-22(21(25-23(28)29-16)19-7-4-5-13-24-19)20-8-6-14-27(20)18-11-9-17(10-12-18)26(2)3/h4-14,16,21-22H,15H2,1-3H3/t16-,21-,22+/m1/s1. The van der Waals surface area contributed by atoms with Crippen molar-refractivity contribution in [2.75, 3.05) is 25.5 Å². The fraction of sp³-hybridized carbons (Fsp3) is 0.304. The van der Waals surface area contributed by atoms with Crippen molar-refractivity contribution in [3.05, 3.63) is 78.4 Å². The summed E-state index contributed by atoms with van der Waals surface area (Å²) < 4.78 is 2.30. The van der Waals surface area contributed by atoms with Gasteiger partial charge in [0.15, 0.2) is 5.17 Å². The third kappa shape index (κ3) is 3.21. The van der Waals surface area contributed by atoms with E-state index >= 15 is 0 Å². The van der Waals surface area contributed by atoms with Gasteiger partial charge in [0.05, 0.1) is 11.7 Å². The smallest absolute Gasteiger partial charge is 0.160 e. The van der Waals surface area contributed by atoms with Crippen LogP contribution in [0.25, 0.3) is 5.69 Å². The van der Waals surface area contributed by atoms with Gasteiger partial charge in [-0.05, 0) is 48.5 Å². The van der Waals surface area contributed by atoms with E-state index in [1.807, 2.05) is 24.0 Å². The topological polar surface area (TPSA) is 36.7 Å². The molecule has 29 heavy (non-hydrogen) atoms. The van der Waals surface area contributed by atoms with Crippen molar-refractivity contribution in [1.82, 2.24) is 14.5 Å². The first-order chi connectivity index (χ1) is 14.1. The van der Waals surface area contributed by atoms with Gasteiger partial charge in [-0.25, -0.2) is 0 Å². The van der Waals surface area contributed by atoms with Gasteiger partial charge in [0, 0.05) is 55.4 Å². The third-order valence-corrected chi connectivity index (χ3v) is 6.71. The Bertz CT molecular complexity index is 1020. The van der Waals surface area contributed by atoms with E-state index in [-0.39, 0.29) is 12.1 Å². The molecule has 5 nitrogen and oxygen atoms in total. The minimum absolute atomic E-state index is 0.0147. The number of aliphatic imine (C=N–C) groups is 1. The van der Waals surface area contributed by atoms with Crippen LogP contribution in [-0.2, 0) is 0 Å². The Labute approximate surface area is 176 Å². The van der Waals surface area contributed by atoms with Gasteiger partial charge in [-0.15, -0.1) is 0 Å². The molecule has 0 spiro atoms. The zero-order chi connectivity index (χ0) is 20.0. The van der Waals surface area contributed by atoms with Crippen LogP contribution < -0.4 is 4.90 Å². The Kier molecular flexibility index (Phi) is 4.59. The number of amidine groups is 1. The van der Waals surface area contributed by atoms with Crippen LogP contribution in [0.1, 0.15) is 30.4 Å². The lowest BCUT2D eigenvalue weighted by atomic mass is 10.0. The fourth-order valence-corrected chi connectivity index (χ4v) is 5.31. The number of thioether (sulfide) groups is 1. The number of rotatable bonds is 4. The Balaban J connectivity index is 1.56. The third-order valence-electron chi connectivity index (χ3n) is 5.61. The van der Waals surface area contributed by atoms with Crippen molar-refractivity contribution in [1.29, 1.82) is 0 Å². The van der Waals surface area contributed by atoms with Gasteiger partial charge >= 0.3 is 0 Å². The number of hydrogen-bond acceptors (Lipinski definition) is 5. The van der Waals surface area contributed by atoms with Crippen LogP contribution in [0.2, 0.25) is 0 Å². The van der Waals surface area contributed by atoms with Crippen molar-refractivity contribution >= 4 is 22.6 Å². The molecule has 4 heterocycles. The number of aromatic nitrogens is 2. The van der Waals surface area contributed by atoms with Gasteiger partial charge in [-0.1, -0.05) is 24.8 Å². The molecule has 1 aromatic carbocycles. The van der Waals surface area contributed by atoms with E-state index in [9.17, 15) is 0 Å². The number of hydrogen-bond donors (Lipinski definition) is 0. The lowest BCUT2D eigenvalue weighted by molar-refractivity contribution is 0.312. The summed E-state index contributed by atoms with van der Waals surface area (Å²) >= 11 is 1.88. The molecular weight excluding hydrogens is 378 g/mol. The summed E-state index contributed by atoms with van der Waals surface area (Å²) in [6, 6.07) is 19.4. The van der Waals surface area contributed by atoms with E-state index in [4.69, 9.17) is 4.99 Å². The quantitative estimate of drug-likeness (QED) is 0.641. The van der Waals surface area contributed by atoms with Crippen molar-refractivity contribution in [2.45, 2.75) is 24.3 Å². The molecule has 148 valence electrons. The molecule has 0 aliphatic carbocycles. The van der Waals surface area contributed by atoms with Crippen LogP contribution in [0.15, 0.2) is 72.0 Å². The minimum atomic E-state index is 0.0147. The maximum atomic E-state index is 5.10. The molecule has 5 rings (SSSR count). The van der Waals surface area contributed by atoms with Gasteiger partial charge in [0.25, 0.3) is 0 Å². The van der Waals surface area contributed by atoms with Gasteiger partial charge < -0.3 is 14.4 Å². The largest absolute Gasteiger partial charge is 0.378 e. The minimum Gasteiger partial charge on any atom is -0.378 e. The van der Waals surface area contributed by atoms with E-state index in [0.717, 1.165) is 17.4 Å².